The van der Waals surface area contributed by atoms with Crippen molar-refractivity contribution in [2.75, 3.05) is 7.11 Å². The summed E-state index contributed by atoms with van der Waals surface area (Å²) in [5.74, 6) is 1.43. The van der Waals surface area contributed by atoms with Gasteiger partial charge in [0.1, 0.15) is 11.4 Å². The van der Waals surface area contributed by atoms with Gasteiger partial charge in [-0.3, -0.25) is 4.79 Å². The molecule has 2 rings (SSSR count). The molecule has 1 aliphatic rings. The predicted octanol–water partition coefficient (Wildman–Crippen LogP) is 4.25. The van der Waals surface area contributed by atoms with Crippen molar-refractivity contribution in [3.05, 3.63) is 29.8 Å². The van der Waals surface area contributed by atoms with Crippen molar-refractivity contribution in [3.8, 4) is 5.75 Å². The Bertz CT molecular complexity index is 478. The maximum absolute atomic E-state index is 12.9. The van der Waals surface area contributed by atoms with Crippen LogP contribution in [0.15, 0.2) is 24.3 Å². The maximum atomic E-state index is 12.9. The molecular formula is C18H26O3. The van der Waals surface area contributed by atoms with E-state index in [-0.39, 0.29) is 11.9 Å². The highest BCUT2D eigenvalue weighted by Crippen LogP contribution is 2.37. The quantitative estimate of drug-likeness (QED) is 0.760. The molecule has 0 aliphatic heterocycles. The second-order valence-electron chi connectivity index (χ2n) is 6.42. The molecule has 0 bridgehead atoms. The van der Waals surface area contributed by atoms with Crippen LogP contribution in [0.4, 0.5) is 0 Å². The molecule has 1 aromatic carbocycles. The van der Waals surface area contributed by atoms with Gasteiger partial charge in [-0.1, -0.05) is 13.3 Å². The molecule has 0 heterocycles. The minimum absolute atomic E-state index is 0.104. The molecule has 3 nitrogen and oxygen atoms in total. The van der Waals surface area contributed by atoms with Gasteiger partial charge >= 0.3 is 0 Å². The highest BCUT2D eigenvalue weighted by Gasteiger charge is 2.42. The van der Waals surface area contributed by atoms with E-state index in [0.29, 0.717) is 11.5 Å². The molecule has 2 atom stereocenters. The van der Waals surface area contributed by atoms with Crippen LogP contribution in [-0.4, -0.2) is 24.6 Å². The summed E-state index contributed by atoms with van der Waals surface area (Å²) in [5, 5.41) is 0. The SMILES string of the molecule is COC1(C(=O)c2ccc(OC(C)C)cc2)CCCC(C)C1. The third kappa shape index (κ3) is 3.65. The van der Waals surface area contributed by atoms with E-state index in [1.54, 1.807) is 7.11 Å². The fraction of sp³-hybridized carbons (Fsp3) is 0.611. The van der Waals surface area contributed by atoms with E-state index in [1.807, 2.05) is 38.1 Å². The van der Waals surface area contributed by atoms with Crippen molar-refractivity contribution in [2.45, 2.75) is 58.2 Å². The lowest BCUT2D eigenvalue weighted by Crippen LogP contribution is -2.44. The van der Waals surface area contributed by atoms with Crippen molar-refractivity contribution in [3.63, 3.8) is 0 Å². The number of rotatable bonds is 5. The van der Waals surface area contributed by atoms with Crippen LogP contribution in [0, 0.1) is 5.92 Å². The molecule has 0 radical (unpaired) electrons. The van der Waals surface area contributed by atoms with Crippen LogP contribution in [-0.2, 0) is 4.74 Å². The minimum atomic E-state index is -0.641. The summed E-state index contributed by atoms with van der Waals surface area (Å²) in [6.45, 7) is 6.17. The maximum Gasteiger partial charge on any atom is 0.194 e. The Morgan fingerprint density at radius 2 is 1.95 bits per heavy atom. The molecule has 21 heavy (non-hydrogen) atoms. The Hall–Kier alpha value is -1.35. The van der Waals surface area contributed by atoms with Gasteiger partial charge in [-0.25, -0.2) is 0 Å². The lowest BCUT2D eigenvalue weighted by atomic mass is 9.75. The summed E-state index contributed by atoms with van der Waals surface area (Å²) < 4.78 is 11.3. The van der Waals surface area contributed by atoms with Crippen molar-refractivity contribution < 1.29 is 14.3 Å². The van der Waals surface area contributed by atoms with Gasteiger partial charge < -0.3 is 9.47 Å². The summed E-state index contributed by atoms with van der Waals surface area (Å²) >= 11 is 0. The second kappa shape index (κ2) is 6.61. The number of carbonyl (C=O) groups is 1. The Morgan fingerprint density at radius 3 is 2.48 bits per heavy atom. The first-order chi connectivity index (χ1) is 9.97. The lowest BCUT2D eigenvalue weighted by molar-refractivity contribution is -0.0302. The van der Waals surface area contributed by atoms with Gasteiger partial charge in [0.25, 0.3) is 0 Å². The molecule has 0 saturated heterocycles. The molecule has 0 aromatic heterocycles. The third-order valence-corrected chi connectivity index (χ3v) is 4.25. The third-order valence-electron chi connectivity index (χ3n) is 4.25. The van der Waals surface area contributed by atoms with Crippen molar-refractivity contribution in [1.29, 1.82) is 0 Å². The minimum Gasteiger partial charge on any atom is -0.491 e. The van der Waals surface area contributed by atoms with Gasteiger partial charge in [-0.15, -0.1) is 0 Å². The highest BCUT2D eigenvalue weighted by atomic mass is 16.5. The molecule has 0 spiro atoms. The van der Waals surface area contributed by atoms with Crippen molar-refractivity contribution >= 4 is 5.78 Å². The van der Waals surface area contributed by atoms with Gasteiger partial charge in [-0.2, -0.15) is 0 Å². The highest BCUT2D eigenvalue weighted by molar-refractivity contribution is 6.02. The first-order valence-electron chi connectivity index (χ1n) is 7.83. The van der Waals surface area contributed by atoms with Crippen LogP contribution >= 0.6 is 0 Å². The molecule has 2 unspecified atom stereocenters. The number of carbonyl (C=O) groups excluding carboxylic acids is 1. The zero-order valence-corrected chi connectivity index (χ0v) is 13.5. The fourth-order valence-electron chi connectivity index (χ4n) is 3.21. The van der Waals surface area contributed by atoms with Gasteiger partial charge in [0, 0.05) is 12.7 Å². The number of methoxy groups -OCH3 is 1. The van der Waals surface area contributed by atoms with Crippen molar-refractivity contribution in [2.24, 2.45) is 5.92 Å². The number of hydrogen-bond acceptors (Lipinski definition) is 3. The zero-order valence-electron chi connectivity index (χ0n) is 13.5. The van der Waals surface area contributed by atoms with E-state index >= 15 is 0 Å². The summed E-state index contributed by atoms with van der Waals surface area (Å²) in [6.07, 6.45) is 3.99. The normalized spacial score (nSPS) is 25.9. The van der Waals surface area contributed by atoms with Crippen LogP contribution < -0.4 is 4.74 Å². The Balaban J connectivity index is 2.17. The number of ketones is 1. The van der Waals surface area contributed by atoms with Crippen LogP contribution in [0.25, 0.3) is 0 Å². The number of ether oxygens (including phenoxy) is 2. The fourth-order valence-corrected chi connectivity index (χ4v) is 3.21. The van der Waals surface area contributed by atoms with Crippen LogP contribution in [0.5, 0.6) is 5.75 Å². The molecule has 0 N–H and O–H groups in total. The van der Waals surface area contributed by atoms with Crippen LogP contribution in [0.1, 0.15) is 56.8 Å². The molecular weight excluding hydrogens is 264 g/mol. The summed E-state index contributed by atoms with van der Waals surface area (Å²) in [6, 6.07) is 7.42. The smallest absolute Gasteiger partial charge is 0.194 e. The number of benzene rings is 1. The molecule has 116 valence electrons. The monoisotopic (exact) mass is 290 g/mol. The van der Waals surface area contributed by atoms with E-state index in [1.165, 1.54) is 6.42 Å². The van der Waals surface area contributed by atoms with Crippen LogP contribution in [0.2, 0.25) is 0 Å². The van der Waals surface area contributed by atoms with E-state index in [9.17, 15) is 4.79 Å². The molecule has 1 saturated carbocycles. The molecule has 1 aromatic rings. The topological polar surface area (TPSA) is 35.5 Å². The number of Topliss-reactive ketones (excluding diaryl/α,β-unsaturated/α-hetero) is 1. The van der Waals surface area contributed by atoms with Crippen LogP contribution in [0.3, 0.4) is 0 Å². The molecule has 1 fully saturated rings. The Morgan fingerprint density at radius 1 is 1.29 bits per heavy atom. The first-order valence-corrected chi connectivity index (χ1v) is 7.83. The Labute approximate surface area is 127 Å². The summed E-state index contributed by atoms with van der Waals surface area (Å²) in [4.78, 5) is 12.9. The predicted molar refractivity (Wildman–Crippen MR) is 83.9 cm³/mol. The average Bonchev–Trinajstić information content (AvgIpc) is 2.46. The first kappa shape index (κ1) is 16.0. The molecule has 0 amide bonds. The van der Waals surface area contributed by atoms with Gasteiger partial charge in [0.15, 0.2) is 5.78 Å². The van der Waals surface area contributed by atoms with Crippen molar-refractivity contribution in [1.82, 2.24) is 0 Å². The molecule has 3 heteroatoms. The summed E-state index contributed by atoms with van der Waals surface area (Å²) in [5.41, 5.74) is 0.0695. The van der Waals surface area contributed by atoms with Gasteiger partial charge in [-0.05, 0) is 63.3 Å². The zero-order chi connectivity index (χ0) is 15.5. The summed E-state index contributed by atoms with van der Waals surface area (Å²) in [7, 11) is 1.66. The molecule has 1 aliphatic carbocycles. The van der Waals surface area contributed by atoms with Gasteiger partial charge in [0.2, 0.25) is 0 Å². The standard InChI is InChI=1S/C18H26O3/c1-13(2)21-16-9-7-15(8-10-16)17(19)18(20-4)11-5-6-14(3)12-18/h7-10,13-14H,5-6,11-12H2,1-4H3. The number of hydrogen-bond donors (Lipinski definition) is 0. The van der Waals surface area contributed by atoms with E-state index in [4.69, 9.17) is 9.47 Å². The second-order valence-corrected chi connectivity index (χ2v) is 6.42. The van der Waals surface area contributed by atoms with E-state index < -0.39 is 5.60 Å². The van der Waals surface area contributed by atoms with Gasteiger partial charge in [0.05, 0.1) is 6.10 Å². The van der Waals surface area contributed by atoms with E-state index in [2.05, 4.69) is 6.92 Å². The Kier molecular flexibility index (Phi) is 5.04. The average molecular weight is 290 g/mol. The lowest BCUT2D eigenvalue weighted by Gasteiger charge is -2.37. The largest absolute Gasteiger partial charge is 0.491 e. The van der Waals surface area contributed by atoms with E-state index in [0.717, 1.165) is 25.0 Å².